The molecule has 1 aliphatic carbocycles. The molecule has 4 heteroatoms. The Morgan fingerprint density at radius 1 is 1.04 bits per heavy atom. The number of nitrogens with one attached hydrogen (secondary N) is 1. The molecule has 0 unspecified atom stereocenters. The number of ether oxygens (including phenoxy) is 1. The summed E-state index contributed by atoms with van der Waals surface area (Å²) < 4.78 is 6.02. The highest BCUT2D eigenvalue weighted by Crippen LogP contribution is 2.24. The van der Waals surface area contributed by atoms with Gasteiger partial charge in [0.05, 0.1) is 6.10 Å². The Hall–Kier alpha value is -2.49. The lowest BCUT2D eigenvalue weighted by atomic mass is 9.98. The van der Waals surface area contributed by atoms with Crippen LogP contribution in [0.2, 0.25) is 0 Å². The number of rotatable bonds is 5. The van der Waals surface area contributed by atoms with Crippen LogP contribution in [0, 0.1) is 0 Å². The van der Waals surface area contributed by atoms with E-state index in [2.05, 4.69) is 5.32 Å². The molecule has 2 aromatic carbocycles. The number of anilines is 2. The summed E-state index contributed by atoms with van der Waals surface area (Å²) in [6, 6.07) is 15.2. The quantitative estimate of drug-likeness (QED) is 0.858. The molecule has 0 aliphatic heterocycles. The van der Waals surface area contributed by atoms with Crippen molar-refractivity contribution < 1.29 is 9.53 Å². The van der Waals surface area contributed by atoms with Crippen LogP contribution in [0.1, 0.15) is 42.5 Å². The summed E-state index contributed by atoms with van der Waals surface area (Å²) in [5, 5.41) is 2.94. The van der Waals surface area contributed by atoms with Crippen LogP contribution in [0.3, 0.4) is 0 Å². The Bertz CT molecular complexity index is 704. The Kier molecular flexibility index (Phi) is 5.59. The first-order chi connectivity index (χ1) is 12.1. The maximum Gasteiger partial charge on any atom is 0.255 e. The van der Waals surface area contributed by atoms with Gasteiger partial charge in [0.15, 0.2) is 0 Å². The van der Waals surface area contributed by atoms with Crippen LogP contribution in [0.5, 0.6) is 5.75 Å². The van der Waals surface area contributed by atoms with Gasteiger partial charge < -0.3 is 15.0 Å². The molecule has 0 heterocycles. The van der Waals surface area contributed by atoms with E-state index >= 15 is 0 Å². The molecule has 0 spiro atoms. The van der Waals surface area contributed by atoms with Gasteiger partial charge in [0.25, 0.3) is 5.91 Å². The number of hydrogen-bond acceptors (Lipinski definition) is 3. The second-order valence-electron chi connectivity index (χ2n) is 6.80. The molecule has 0 atom stereocenters. The van der Waals surface area contributed by atoms with Crippen molar-refractivity contribution in [2.24, 2.45) is 0 Å². The lowest BCUT2D eigenvalue weighted by Gasteiger charge is -2.23. The van der Waals surface area contributed by atoms with Gasteiger partial charge in [0.2, 0.25) is 0 Å². The van der Waals surface area contributed by atoms with E-state index in [0.717, 1.165) is 30.0 Å². The number of carbonyl (C=O) groups excluding carboxylic acids is 1. The van der Waals surface area contributed by atoms with Crippen LogP contribution in [-0.4, -0.2) is 26.1 Å². The highest BCUT2D eigenvalue weighted by atomic mass is 16.5. The minimum atomic E-state index is -0.107. The van der Waals surface area contributed by atoms with Crippen molar-refractivity contribution in [2.75, 3.05) is 24.3 Å². The largest absolute Gasteiger partial charge is 0.490 e. The van der Waals surface area contributed by atoms with E-state index in [4.69, 9.17) is 4.74 Å². The van der Waals surface area contributed by atoms with Gasteiger partial charge in [-0.15, -0.1) is 0 Å². The lowest BCUT2D eigenvalue weighted by Crippen LogP contribution is -2.19. The molecule has 2 aromatic rings. The van der Waals surface area contributed by atoms with Crippen molar-refractivity contribution in [2.45, 2.75) is 38.2 Å². The fourth-order valence-electron chi connectivity index (χ4n) is 3.12. The standard InChI is InChI=1S/C21H26N2O2/c1-23(2)18-8-6-7-16(15-18)21(24)22-17-11-13-20(14-12-17)25-19-9-4-3-5-10-19/h6-8,11-15,19H,3-5,9-10H2,1-2H3,(H,22,24). The fourth-order valence-corrected chi connectivity index (χ4v) is 3.12. The van der Waals surface area contributed by atoms with Gasteiger partial charge in [-0.3, -0.25) is 4.79 Å². The Morgan fingerprint density at radius 2 is 1.76 bits per heavy atom. The summed E-state index contributed by atoms with van der Waals surface area (Å²) in [5.74, 6) is 0.768. The number of carbonyl (C=O) groups is 1. The van der Waals surface area contributed by atoms with Crippen molar-refractivity contribution in [1.82, 2.24) is 0 Å². The molecule has 1 amide bonds. The molecular formula is C21H26N2O2. The van der Waals surface area contributed by atoms with Gasteiger partial charge in [-0.1, -0.05) is 12.5 Å². The zero-order chi connectivity index (χ0) is 17.6. The molecule has 1 N–H and O–H groups in total. The van der Waals surface area contributed by atoms with Crippen LogP contribution >= 0.6 is 0 Å². The number of hydrogen-bond donors (Lipinski definition) is 1. The number of amides is 1. The first-order valence-electron chi connectivity index (χ1n) is 8.97. The van der Waals surface area contributed by atoms with E-state index in [1.165, 1.54) is 19.3 Å². The predicted molar refractivity (Wildman–Crippen MR) is 103 cm³/mol. The van der Waals surface area contributed by atoms with E-state index < -0.39 is 0 Å². The van der Waals surface area contributed by atoms with E-state index in [0.29, 0.717) is 11.7 Å². The molecule has 1 saturated carbocycles. The van der Waals surface area contributed by atoms with Crippen molar-refractivity contribution in [3.8, 4) is 5.75 Å². The summed E-state index contributed by atoms with van der Waals surface area (Å²) in [7, 11) is 3.92. The summed E-state index contributed by atoms with van der Waals surface area (Å²) >= 11 is 0. The van der Waals surface area contributed by atoms with Crippen LogP contribution in [0.25, 0.3) is 0 Å². The minimum Gasteiger partial charge on any atom is -0.490 e. The van der Waals surface area contributed by atoms with Crippen LogP contribution < -0.4 is 15.0 Å². The fraction of sp³-hybridized carbons (Fsp3) is 0.381. The van der Waals surface area contributed by atoms with Crippen LogP contribution in [-0.2, 0) is 0 Å². The first kappa shape index (κ1) is 17.3. The highest BCUT2D eigenvalue weighted by molar-refractivity contribution is 6.04. The Balaban J connectivity index is 1.60. The maximum atomic E-state index is 12.4. The van der Waals surface area contributed by atoms with Crippen molar-refractivity contribution in [3.63, 3.8) is 0 Å². The molecule has 3 rings (SSSR count). The van der Waals surface area contributed by atoms with Gasteiger partial charge in [0, 0.05) is 31.0 Å². The molecule has 0 aromatic heterocycles. The van der Waals surface area contributed by atoms with E-state index in [9.17, 15) is 4.79 Å². The summed E-state index contributed by atoms with van der Waals surface area (Å²) in [4.78, 5) is 14.4. The molecule has 1 aliphatic rings. The SMILES string of the molecule is CN(C)c1cccc(C(=O)Nc2ccc(OC3CCCCC3)cc2)c1. The predicted octanol–water partition coefficient (Wildman–Crippen LogP) is 4.72. The van der Waals surface area contributed by atoms with Crippen molar-refractivity contribution >= 4 is 17.3 Å². The smallest absolute Gasteiger partial charge is 0.255 e. The van der Waals surface area contributed by atoms with Gasteiger partial charge >= 0.3 is 0 Å². The van der Waals surface area contributed by atoms with Crippen LogP contribution in [0.15, 0.2) is 48.5 Å². The van der Waals surface area contributed by atoms with Gasteiger partial charge in [-0.2, -0.15) is 0 Å². The van der Waals surface area contributed by atoms with E-state index in [1.54, 1.807) is 0 Å². The zero-order valence-electron chi connectivity index (χ0n) is 15.0. The lowest BCUT2D eigenvalue weighted by molar-refractivity contribution is 0.102. The topological polar surface area (TPSA) is 41.6 Å². The van der Waals surface area contributed by atoms with E-state index in [-0.39, 0.29) is 5.91 Å². The summed E-state index contributed by atoms with van der Waals surface area (Å²) in [6.45, 7) is 0. The molecule has 0 radical (unpaired) electrons. The number of nitrogens with zero attached hydrogens (tertiary/aromatic N) is 1. The van der Waals surface area contributed by atoms with E-state index in [1.807, 2.05) is 67.5 Å². The Labute approximate surface area is 149 Å². The van der Waals surface area contributed by atoms with Gasteiger partial charge in [-0.05, 0) is 68.1 Å². The molecule has 25 heavy (non-hydrogen) atoms. The Morgan fingerprint density at radius 3 is 2.44 bits per heavy atom. The monoisotopic (exact) mass is 338 g/mol. The van der Waals surface area contributed by atoms with Crippen LogP contribution in [0.4, 0.5) is 11.4 Å². The average Bonchev–Trinajstić information content (AvgIpc) is 2.64. The first-order valence-corrected chi connectivity index (χ1v) is 8.97. The second-order valence-corrected chi connectivity index (χ2v) is 6.80. The molecule has 0 saturated heterocycles. The molecule has 4 nitrogen and oxygen atoms in total. The molecule has 132 valence electrons. The third kappa shape index (κ3) is 4.75. The molecule has 0 bridgehead atoms. The summed E-state index contributed by atoms with van der Waals surface area (Å²) in [5.41, 5.74) is 2.42. The third-order valence-corrected chi connectivity index (χ3v) is 4.59. The average molecular weight is 338 g/mol. The normalized spacial score (nSPS) is 14.8. The van der Waals surface area contributed by atoms with Gasteiger partial charge in [-0.25, -0.2) is 0 Å². The molecule has 1 fully saturated rings. The second kappa shape index (κ2) is 8.06. The van der Waals surface area contributed by atoms with Gasteiger partial charge in [0.1, 0.15) is 5.75 Å². The summed E-state index contributed by atoms with van der Waals surface area (Å²) in [6.07, 6.45) is 6.44. The van der Waals surface area contributed by atoms with Crippen molar-refractivity contribution in [3.05, 3.63) is 54.1 Å². The maximum absolute atomic E-state index is 12.4. The third-order valence-electron chi connectivity index (χ3n) is 4.59. The zero-order valence-corrected chi connectivity index (χ0v) is 15.0. The minimum absolute atomic E-state index is 0.107. The highest BCUT2D eigenvalue weighted by Gasteiger charge is 2.14. The molecular weight excluding hydrogens is 312 g/mol. The van der Waals surface area contributed by atoms with Crippen molar-refractivity contribution in [1.29, 1.82) is 0 Å². The number of benzene rings is 2.